The van der Waals surface area contributed by atoms with Crippen LogP contribution in [0.2, 0.25) is 0 Å². The van der Waals surface area contributed by atoms with E-state index in [2.05, 4.69) is 14.7 Å². The Morgan fingerprint density at radius 2 is 2.09 bits per heavy atom. The van der Waals surface area contributed by atoms with Crippen LogP contribution in [-0.2, 0) is 12.6 Å². The maximum Gasteiger partial charge on any atom is 0.471 e. The molecule has 0 N–H and O–H groups in total. The summed E-state index contributed by atoms with van der Waals surface area (Å²) in [7, 11) is 0. The zero-order valence-corrected chi connectivity index (χ0v) is 5.64. The van der Waals surface area contributed by atoms with Crippen molar-refractivity contribution in [2.24, 2.45) is 0 Å². The van der Waals surface area contributed by atoms with E-state index in [-0.39, 0.29) is 5.82 Å². The van der Waals surface area contributed by atoms with Gasteiger partial charge in [-0.1, -0.05) is 12.1 Å². The molecule has 0 saturated carbocycles. The quantitative estimate of drug-likeness (QED) is 0.636. The Kier molecular flexibility index (Phi) is 1.84. The first-order valence-electron chi connectivity index (χ1n) is 2.94. The highest BCUT2D eigenvalue weighted by Crippen LogP contribution is 2.27. The maximum absolute atomic E-state index is 11.7. The summed E-state index contributed by atoms with van der Waals surface area (Å²) >= 11 is 0. The van der Waals surface area contributed by atoms with Gasteiger partial charge in [0.2, 0.25) is 0 Å². The largest absolute Gasteiger partial charge is 0.471 e. The fraction of sp³-hybridized carbons (Fsp3) is 0.600. The molecule has 0 radical (unpaired) electrons. The van der Waals surface area contributed by atoms with Gasteiger partial charge in [-0.3, -0.25) is 0 Å². The minimum Gasteiger partial charge on any atom is -0.329 e. The molecule has 0 saturated heterocycles. The van der Waals surface area contributed by atoms with Crippen LogP contribution in [0, 0.1) is 0 Å². The Labute approximate surface area is 60.2 Å². The van der Waals surface area contributed by atoms with E-state index in [4.69, 9.17) is 0 Å². The lowest BCUT2D eigenvalue weighted by atomic mass is 10.5. The van der Waals surface area contributed by atoms with E-state index in [0.29, 0.717) is 6.42 Å². The first kappa shape index (κ1) is 8.03. The molecule has 0 aliphatic rings. The summed E-state index contributed by atoms with van der Waals surface area (Å²) in [5, 5.41) is 3.10. The monoisotopic (exact) mass is 166 g/mol. The molecule has 6 heteroatoms. The summed E-state index contributed by atoms with van der Waals surface area (Å²) in [5.74, 6) is -1.22. The number of aromatic nitrogens is 2. The van der Waals surface area contributed by atoms with Gasteiger partial charge in [0.05, 0.1) is 0 Å². The summed E-state index contributed by atoms with van der Waals surface area (Å²) in [6.07, 6.45) is -4.19. The van der Waals surface area contributed by atoms with Gasteiger partial charge in [-0.15, -0.1) is 0 Å². The van der Waals surface area contributed by atoms with Crippen molar-refractivity contribution < 1.29 is 17.7 Å². The van der Waals surface area contributed by atoms with E-state index in [1.807, 2.05) is 0 Å². The van der Waals surface area contributed by atoms with Crippen LogP contribution in [0.3, 0.4) is 0 Å². The molecule has 3 nitrogen and oxygen atoms in total. The second kappa shape index (κ2) is 2.52. The molecule has 1 heterocycles. The summed E-state index contributed by atoms with van der Waals surface area (Å²) in [6.45, 7) is 1.64. The van der Waals surface area contributed by atoms with Crippen LogP contribution in [0.25, 0.3) is 0 Å². The standard InChI is InChI=1S/C5H5F3N2O/c1-2-3-9-4(11-10-3)5(6,7)8/h2H2,1H3. The van der Waals surface area contributed by atoms with Gasteiger partial charge in [0.1, 0.15) is 0 Å². The molecule has 0 aromatic carbocycles. The number of alkyl halides is 3. The number of hydrogen-bond acceptors (Lipinski definition) is 3. The molecule has 1 aromatic rings. The second-order valence-corrected chi connectivity index (χ2v) is 1.87. The predicted molar refractivity (Wildman–Crippen MR) is 28.7 cm³/mol. The molecule has 0 amide bonds. The average Bonchev–Trinajstić information content (AvgIpc) is 2.32. The van der Waals surface area contributed by atoms with Gasteiger partial charge in [-0.05, 0) is 0 Å². The highest BCUT2D eigenvalue weighted by Gasteiger charge is 2.38. The third-order valence-corrected chi connectivity index (χ3v) is 1.03. The molecule has 0 aliphatic heterocycles. The third kappa shape index (κ3) is 1.69. The lowest BCUT2D eigenvalue weighted by molar-refractivity contribution is -0.159. The molecule has 0 fully saturated rings. The van der Waals surface area contributed by atoms with Gasteiger partial charge in [0, 0.05) is 6.42 Å². The van der Waals surface area contributed by atoms with Crippen LogP contribution >= 0.6 is 0 Å². The van der Waals surface area contributed by atoms with Crippen molar-refractivity contribution in [2.45, 2.75) is 19.5 Å². The van der Waals surface area contributed by atoms with E-state index < -0.39 is 12.1 Å². The van der Waals surface area contributed by atoms with Crippen LogP contribution in [0.15, 0.2) is 4.52 Å². The van der Waals surface area contributed by atoms with Crippen LogP contribution in [0.4, 0.5) is 13.2 Å². The fourth-order valence-corrected chi connectivity index (χ4v) is 0.513. The molecular weight excluding hydrogens is 161 g/mol. The molecule has 0 atom stereocenters. The smallest absolute Gasteiger partial charge is 0.329 e. The summed E-state index contributed by atoms with van der Waals surface area (Å²) < 4.78 is 39.2. The molecular formula is C5H5F3N2O. The summed E-state index contributed by atoms with van der Waals surface area (Å²) in [4.78, 5) is 3.10. The number of aryl methyl sites for hydroxylation is 1. The Hall–Kier alpha value is -1.07. The molecule has 0 bridgehead atoms. The van der Waals surface area contributed by atoms with Crippen LogP contribution in [0.5, 0.6) is 0 Å². The van der Waals surface area contributed by atoms with Crippen LogP contribution in [0.1, 0.15) is 18.6 Å². The van der Waals surface area contributed by atoms with Gasteiger partial charge in [-0.25, -0.2) is 0 Å². The highest BCUT2D eigenvalue weighted by atomic mass is 19.4. The van der Waals surface area contributed by atoms with E-state index >= 15 is 0 Å². The zero-order valence-electron chi connectivity index (χ0n) is 5.64. The van der Waals surface area contributed by atoms with Gasteiger partial charge in [-0.2, -0.15) is 18.2 Å². The maximum atomic E-state index is 11.7. The fourth-order valence-electron chi connectivity index (χ4n) is 0.513. The lowest BCUT2D eigenvalue weighted by Crippen LogP contribution is -2.05. The summed E-state index contributed by atoms with van der Waals surface area (Å²) in [6, 6.07) is 0. The van der Waals surface area contributed by atoms with E-state index in [0.717, 1.165) is 0 Å². The van der Waals surface area contributed by atoms with Crippen molar-refractivity contribution in [3.8, 4) is 0 Å². The Morgan fingerprint density at radius 3 is 2.36 bits per heavy atom. The number of rotatable bonds is 1. The Bertz CT molecular complexity index is 242. The minimum atomic E-state index is -4.53. The molecule has 11 heavy (non-hydrogen) atoms. The first-order valence-corrected chi connectivity index (χ1v) is 2.94. The zero-order chi connectivity index (χ0) is 8.48. The molecule has 0 unspecified atom stereocenters. The second-order valence-electron chi connectivity index (χ2n) is 1.87. The Morgan fingerprint density at radius 1 is 1.45 bits per heavy atom. The molecule has 0 spiro atoms. The van der Waals surface area contributed by atoms with E-state index in [1.54, 1.807) is 6.92 Å². The van der Waals surface area contributed by atoms with Crippen molar-refractivity contribution in [1.29, 1.82) is 0 Å². The summed E-state index contributed by atoms with van der Waals surface area (Å²) in [5.41, 5.74) is 0. The van der Waals surface area contributed by atoms with Crippen LogP contribution < -0.4 is 0 Å². The van der Waals surface area contributed by atoms with Gasteiger partial charge in [0.15, 0.2) is 5.82 Å². The van der Waals surface area contributed by atoms with E-state index in [1.165, 1.54) is 0 Å². The van der Waals surface area contributed by atoms with Crippen LogP contribution in [-0.4, -0.2) is 10.1 Å². The predicted octanol–water partition coefficient (Wildman–Crippen LogP) is 1.65. The topological polar surface area (TPSA) is 38.9 Å². The van der Waals surface area contributed by atoms with Crippen molar-refractivity contribution in [1.82, 2.24) is 10.1 Å². The SMILES string of the molecule is CCc1noc(C(F)(F)F)n1. The van der Waals surface area contributed by atoms with Crippen molar-refractivity contribution in [2.75, 3.05) is 0 Å². The van der Waals surface area contributed by atoms with Gasteiger partial charge >= 0.3 is 12.1 Å². The molecule has 0 aliphatic carbocycles. The van der Waals surface area contributed by atoms with Crippen molar-refractivity contribution in [3.05, 3.63) is 11.7 Å². The minimum absolute atomic E-state index is 0.0670. The number of halogens is 3. The Balaban J connectivity index is 2.89. The van der Waals surface area contributed by atoms with Crippen molar-refractivity contribution in [3.63, 3.8) is 0 Å². The lowest BCUT2D eigenvalue weighted by Gasteiger charge is -1.95. The number of hydrogen-bond donors (Lipinski definition) is 0. The van der Waals surface area contributed by atoms with Crippen molar-refractivity contribution >= 4 is 0 Å². The van der Waals surface area contributed by atoms with Gasteiger partial charge < -0.3 is 4.52 Å². The third-order valence-electron chi connectivity index (χ3n) is 1.03. The average molecular weight is 166 g/mol. The van der Waals surface area contributed by atoms with Gasteiger partial charge in [0.25, 0.3) is 0 Å². The first-order chi connectivity index (χ1) is 5.04. The number of nitrogens with zero attached hydrogens (tertiary/aromatic N) is 2. The normalized spacial score (nSPS) is 12.0. The molecule has 62 valence electrons. The molecule has 1 aromatic heterocycles. The van der Waals surface area contributed by atoms with E-state index in [9.17, 15) is 13.2 Å². The highest BCUT2D eigenvalue weighted by molar-refractivity contribution is 4.88. The molecule has 1 rings (SSSR count).